The molecule has 0 spiro atoms. The van der Waals surface area contributed by atoms with Crippen molar-refractivity contribution >= 4 is 5.95 Å². The molecule has 0 aliphatic heterocycles. The van der Waals surface area contributed by atoms with Crippen LogP contribution in [0.1, 0.15) is 61.5 Å². The zero-order valence-electron chi connectivity index (χ0n) is 18.5. The third-order valence-electron chi connectivity index (χ3n) is 7.06. The quantitative estimate of drug-likeness (QED) is 0.458. The van der Waals surface area contributed by atoms with Gasteiger partial charge in [0.1, 0.15) is 5.69 Å². The zero-order chi connectivity index (χ0) is 23.1. The van der Waals surface area contributed by atoms with Crippen molar-refractivity contribution in [3.8, 4) is 22.8 Å². The Morgan fingerprint density at radius 1 is 0.912 bits per heavy atom. The molecular formula is C24H24N8O2. The smallest absolute Gasteiger partial charge is 0.278 e. The van der Waals surface area contributed by atoms with Crippen molar-refractivity contribution in [3.63, 3.8) is 0 Å². The minimum absolute atomic E-state index is 0.235. The molecule has 2 fully saturated rings. The molecule has 2 saturated carbocycles. The number of nitrogens with zero attached hydrogens (tertiary/aromatic N) is 7. The molecule has 2 aliphatic carbocycles. The average Bonchev–Trinajstić information content (AvgIpc) is 3.50. The lowest BCUT2D eigenvalue weighted by atomic mass is 9.64. The molecule has 6 rings (SSSR count). The maximum Gasteiger partial charge on any atom is 0.278 e. The first-order valence-corrected chi connectivity index (χ1v) is 11.5. The standard InChI is InChI=1S/C24H24N8O2/c25-23-29-9-15(10-30-23)18-5-3-16(11-26-18)24(6-1-7-24)22-31-21(34-32-22)20-13-27-19(12-28-20)14-2-4-17(33)8-14/h3,5,9-14,17,33H,1-2,4,6-8H2,(H2,25,29,30)/t14?,17-/m0/s1. The number of hydrogen-bond donors (Lipinski definition) is 2. The van der Waals surface area contributed by atoms with Crippen LogP contribution in [-0.4, -0.2) is 46.3 Å². The fourth-order valence-corrected chi connectivity index (χ4v) is 4.90. The highest BCUT2D eigenvalue weighted by molar-refractivity contribution is 5.58. The lowest BCUT2D eigenvalue weighted by molar-refractivity contribution is 0.181. The molecule has 4 aromatic rings. The predicted octanol–water partition coefficient (Wildman–Crippen LogP) is 3.06. The Labute approximate surface area is 195 Å². The van der Waals surface area contributed by atoms with Crippen LogP contribution in [-0.2, 0) is 5.41 Å². The topological polar surface area (TPSA) is 150 Å². The Balaban J connectivity index is 1.24. The van der Waals surface area contributed by atoms with Crippen molar-refractivity contribution in [3.05, 3.63) is 60.2 Å². The van der Waals surface area contributed by atoms with Gasteiger partial charge in [0.25, 0.3) is 5.89 Å². The molecule has 172 valence electrons. The molecule has 0 aromatic carbocycles. The normalized spacial score (nSPS) is 21.3. The number of nitrogen functional groups attached to an aromatic ring is 1. The molecule has 2 aliphatic rings. The van der Waals surface area contributed by atoms with E-state index in [1.165, 1.54) is 0 Å². The number of hydrogen-bond acceptors (Lipinski definition) is 10. The molecule has 4 heterocycles. The molecule has 2 atom stereocenters. The van der Waals surface area contributed by atoms with Crippen molar-refractivity contribution in [2.45, 2.75) is 56.0 Å². The summed E-state index contributed by atoms with van der Waals surface area (Å²) in [5, 5.41) is 14.1. The molecule has 34 heavy (non-hydrogen) atoms. The van der Waals surface area contributed by atoms with Gasteiger partial charge in [-0.2, -0.15) is 4.98 Å². The fourth-order valence-electron chi connectivity index (χ4n) is 4.90. The lowest BCUT2D eigenvalue weighted by Crippen LogP contribution is -2.36. The Kier molecular flexibility index (Phi) is 5.02. The van der Waals surface area contributed by atoms with E-state index in [1.807, 2.05) is 12.3 Å². The van der Waals surface area contributed by atoms with Gasteiger partial charge in [0.15, 0.2) is 5.82 Å². The van der Waals surface area contributed by atoms with E-state index in [0.717, 1.165) is 61.0 Å². The molecule has 10 nitrogen and oxygen atoms in total. The van der Waals surface area contributed by atoms with Crippen LogP contribution in [0.2, 0.25) is 0 Å². The Bertz CT molecular complexity index is 1280. The number of pyridine rings is 1. The van der Waals surface area contributed by atoms with Gasteiger partial charge in [-0.1, -0.05) is 17.6 Å². The number of anilines is 1. The molecular weight excluding hydrogens is 432 g/mol. The second kappa shape index (κ2) is 8.21. The van der Waals surface area contributed by atoms with Gasteiger partial charge in [0.2, 0.25) is 5.95 Å². The van der Waals surface area contributed by atoms with Crippen molar-refractivity contribution in [2.75, 3.05) is 5.73 Å². The Morgan fingerprint density at radius 3 is 2.35 bits per heavy atom. The lowest BCUT2D eigenvalue weighted by Gasteiger charge is -2.39. The molecule has 0 radical (unpaired) electrons. The largest absolute Gasteiger partial charge is 0.393 e. The monoisotopic (exact) mass is 456 g/mol. The van der Waals surface area contributed by atoms with Crippen LogP contribution < -0.4 is 5.73 Å². The van der Waals surface area contributed by atoms with Crippen molar-refractivity contribution in [2.24, 2.45) is 0 Å². The fraction of sp³-hybridized carbons (Fsp3) is 0.375. The third-order valence-corrected chi connectivity index (χ3v) is 7.06. The number of aliphatic hydroxyl groups is 1. The van der Waals surface area contributed by atoms with Crippen LogP contribution in [0.4, 0.5) is 5.95 Å². The van der Waals surface area contributed by atoms with Crippen LogP contribution in [0, 0.1) is 0 Å². The molecule has 0 bridgehead atoms. The molecule has 1 unspecified atom stereocenters. The summed E-state index contributed by atoms with van der Waals surface area (Å²) in [6.45, 7) is 0. The first-order chi connectivity index (χ1) is 16.6. The van der Waals surface area contributed by atoms with E-state index in [9.17, 15) is 5.11 Å². The Hall–Kier alpha value is -3.79. The van der Waals surface area contributed by atoms with Crippen molar-refractivity contribution in [1.82, 2.24) is 35.1 Å². The summed E-state index contributed by atoms with van der Waals surface area (Å²) in [5.74, 6) is 1.49. The van der Waals surface area contributed by atoms with Crippen molar-refractivity contribution < 1.29 is 9.63 Å². The number of aliphatic hydroxyl groups excluding tert-OH is 1. The van der Waals surface area contributed by atoms with E-state index in [-0.39, 0.29) is 23.4 Å². The number of aromatic nitrogens is 7. The van der Waals surface area contributed by atoms with Crippen LogP contribution in [0.15, 0.2) is 47.6 Å². The third kappa shape index (κ3) is 3.60. The van der Waals surface area contributed by atoms with E-state index < -0.39 is 0 Å². The van der Waals surface area contributed by atoms with Gasteiger partial charge < -0.3 is 15.4 Å². The van der Waals surface area contributed by atoms with E-state index in [0.29, 0.717) is 17.4 Å². The summed E-state index contributed by atoms with van der Waals surface area (Å²) in [6.07, 6.45) is 13.8. The summed E-state index contributed by atoms with van der Waals surface area (Å²) in [7, 11) is 0. The molecule has 3 N–H and O–H groups in total. The average molecular weight is 457 g/mol. The molecule has 0 amide bonds. The highest BCUT2D eigenvalue weighted by atomic mass is 16.5. The summed E-state index contributed by atoms with van der Waals surface area (Å²) >= 11 is 0. The first-order valence-electron chi connectivity index (χ1n) is 11.5. The Morgan fingerprint density at radius 2 is 1.74 bits per heavy atom. The highest BCUT2D eigenvalue weighted by Gasteiger charge is 2.45. The summed E-state index contributed by atoms with van der Waals surface area (Å²) < 4.78 is 5.59. The maximum absolute atomic E-state index is 9.78. The minimum atomic E-state index is -0.321. The minimum Gasteiger partial charge on any atom is -0.393 e. The van der Waals surface area contributed by atoms with Crippen LogP contribution in [0.25, 0.3) is 22.8 Å². The number of rotatable bonds is 5. The van der Waals surface area contributed by atoms with Crippen LogP contribution >= 0.6 is 0 Å². The van der Waals surface area contributed by atoms with E-state index in [1.54, 1.807) is 24.8 Å². The van der Waals surface area contributed by atoms with Gasteiger partial charge >= 0.3 is 0 Å². The molecule has 4 aromatic heterocycles. The van der Waals surface area contributed by atoms with Crippen molar-refractivity contribution in [1.29, 1.82) is 0 Å². The van der Waals surface area contributed by atoms with Gasteiger partial charge in [-0.3, -0.25) is 9.97 Å². The second-order valence-corrected chi connectivity index (χ2v) is 9.11. The predicted molar refractivity (Wildman–Crippen MR) is 122 cm³/mol. The van der Waals surface area contributed by atoms with Gasteiger partial charge in [-0.05, 0) is 43.7 Å². The summed E-state index contributed by atoms with van der Waals surface area (Å²) in [6, 6.07) is 4.01. The van der Waals surface area contributed by atoms with Gasteiger partial charge in [-0.25, -0.2) is 15.0 Å². The zero-order valence-corrected chi connectivity index (χ0v) is 18.5. The van der Waals surface area contributed by atoms with Gasteiger partial charge in [0.05, 0.1) is 29.1 Å². The number of nitrogens with two attached hydrogens (primary N) is 1. The summed E-state index contributed by atoms with van der Waals surface area (Å²) in [5.41, 5.74) is 9.33. The second-order valence-electron chi connectivity index (χ2n) is 9.11. The van der Waals surface area contributed by atoms with Gasteiger partial charge in [0, 0.05) is 36.3 Å². The molecule has 0 saturated heterocycles. The summed E-state index contributed by atoms with van der Waals surface area (Å²) in [4.78, 5) is 26.5. The van der Waals surface area contributed by atoms with Crippen LogP contribution in [0.3, 0.4) is 0 Å². The van der Waals surface area contributed by atoms with E-state index in [4.69, 9.17) is 15.2 Å². The molecule has 10 heteroatoms. The van der Waals surface area contributed by atoms with E-state index in [2.05, 4.69) is 36.1 Å². The van der Waals surface area contributed by atoms with Crippen LogP contribution in [0.5, 0.6) is 0 Å². The first kappa shape index (κ1) is 20.8. The SMILES string of the molecule is Nc1ncc(-c2ccc(C3(c4noc(-c5cnc(C6CC[C@H](O)C6)cn5)n4)CCC3)cn2)cn1. The maximum atomic E-state index is 9.78. The highest BCUT2D eigenvalue weighted by Crippen LogP contribution is 2.48. The van der Waals surface area contributed by atoms with Gasteiger partial charge in [-0.15, -0.1) is 0 Å². The van der Waals surface area contributed by atoms with E-state index >= 15 is 0 Å².